The molecule has 98 valence electrons. The maximum atomic E-state index is 6.14. The summed E-state index contributed by atoms with van der Waals surface area (Å²) in [7, 11) is -3.20. The van der Waals surface area contributed by atoms with Crippen LogP contribution in [0, 0.1) is 0 Å². The second-order valence-corrected chi connectivity index (χ2v) is 17.5. The fraction of sp³-hybridized carbons (Fsp3) is 1.00. The first-order valence-electron chi connectivity index (χ1n) is 6.16. The third-order valence-electron chi connectivity index (χ3n) is 4.24. The minimum Gasteiger partial charge on any atom is -0.352 e. The molecule has 16 heavy (non-hydrogen) atoms. The molecule has 0 fully saturated rings. The molecule has 0 rings (SSSR count). The van der Waals surface area contributed by atoms with Gasteiger partial charge >= 0.3 is 0 Å². The lowest BCUT2D eigenvalue weighted by Gasteiger charge is -2.42. The Kier molecular flexibility index (Phi) is 4.66. The van der Waals surface area contributed by atoms with Gasteiger partial charge in [0.2, 0.25) is 8.32 Å². The Labute approximate surface area is 104 Å². The summed E-state index contributed by atoms with van der Waals surface area (Å²) in [5.74, 6) is 0. The molecule has 0 radical (unpaired) electrons. The van der Waals surface area contributed by atoms with Gasteiger partial charge in [-0.05, 0) is 23.2 Å². The molecule has 0 spiro atoms. The van der Waals surface area contributed by atoms with E-state index in [4.69, 9.17) is 4.53 Å². The summed E-state index contributed by atoms with van der Waals surface area (Å²) in [5, 5.41) is 4.03. The predicted molar refractivity (Wildman–Crippen MR) is 78.6 cm³/mol. The summed E-state index contributed by atoms with van der Waals surface area (Å²) < 4.78 is 6.14. The van der Waals surface area contributed by atoms with E-state index in [0.29, 0.717) is 5.04 Å². The molecule has 0 aliphatic carbocycles. The van der Waals surface area contributed by atoms with Gasteiger partial charge in [0.15, 0.2) is 8.24 Å². The van der Waals surface area contributed by atoms with Crippen LogP contribution < -0.4 is 5.15 Å². The van der Waals surface area contributed by atoms with Crippen molar-refractivity contribution >= 4 is 16.6 Å². The van der Waals surface area contributed by atoms with Gasteiger partial charge in [0.25, 0.3) is 0 Å². The first-order valence-corrected chi connectivity index (χ1v) is 12.1. The molecule has 0 amide bonds. The Hall–Kier alpha value is 0.354. The highest BCUT2D eigenvalue weighted by Gasteiger charge is 2.42. The third-order valence-corrected chi connectivity index (χ3v) is 13.0. The highest BCUT2D eigenvalue weighted by atomic mass is 28.4. The molecule has 0 saturated heterocycles. The Morgan fingerprint density at radius 2 is 1.12 bits per heavy atom. The summed E-state index contributed by atoms with van der Waals surface area (Å²) in [6, 6.07) is 0. The Balaban J connectivity index is 4.59. The van der Waals surface area contributed by atoms with Crippen molar-refractivity contribution in [1.82, 2.24) is 5.15 Å². The van der Waals surface area contributed by atoms with Crippen molar-refractivity contribution in [2.75, 3.05) is 0 Å². The van der Waals surface area contributed by atoms with Crippen molar-refractivity contribution in [2.45, 2.75) is 77.8 Å². The predicted octanol–water partition coefficient (Wildman–Crippen LogP) is 4.52. The van der Waals surface area contributed by atoms with Crippen LogP contribution in [-0.2, 0) is 4.53 Å². The van der Waals surface area contributed by atoms with Crippen LogP contribution in [0.2, 0.25) is 36.3 Å². The van der Waals surface area contributed by atoms with Gasteiger partial charge in [-0.15, -0.1) is 0 Å². The van der Waals surface area contributed by atoms with E-state index in [1.54, 1.807) is 0 Å². The molecule has 0 aliphatic rings. The SMILES string of the molecule is CC(C)(C)[Si](C)(C)NO[Si](C)(C)C(C)(C)C. The number of nitrogens with one attached hydrogen (secondary N) is 1. The van der Waals surface area contributed by atoms with Gasteiger partial charge in [-0.2, -0.15) is 0 Å². The second-order valence-electron chi connectivity index (χ2n) is 7.84. The number of hydrogen-bond donors (Lipinski definition) is 1. The van der Waals surface area contributed by atoms with Crippen LogP contribution in [0.4, 0.5) is 0 Å². The quantitative estimate of drug-likeness (QED) is 0.596. The van der Waals surface area contributed by atoms with E-state index >= 15 is 0 Å². The maximum absolute atomic E-state index is 6.14. The largest absolute Gasteiger partial charge is 0.352 e. The van der Waals surface area contributed by atoms with Gasteiger partial charge in [0.05, 0.1) is 0 Å². The Morgan fingerprint density at radius 1 is 0.750 bits per heavy atom. The van der Waals surface area contributed by atoms with Crippen molar-refractivity contribution in [3.63, 3.8) is 0 Å². The maximum Gasteiger partial charge on any atom is 0.218 e. The van der Waals surface area contributed by atoms with Gasteiger partial charge in [-0.3, -0.25) is 0 Å². The molecule has 0 aromatic rings. The van der Waals surface area contributed by atoms with Gasteiger partial charge in [0.1, 0.15) is 0 Å². The van der Waals surface area contributed by atoms with Crippen LogP contribution in [-0.4, -0.2) is 16.6 Å². The van der Waals surface area contributed by atoms with Crippen molar-refractivity contribution < 1.29 is 4.53 Å². The van der Waals surface area contributed by atoms with Crippen LogP contribution >= 0.6 is 0 Å². The summed E-state index contributed by atoms with van der Waals surface area (Å²) in [6.45, 7) is 22.9. The lowest BCUT2D eigenvalue weighted by Crippen LogP contribution is -2.57. The molecular formula is C12H31NOSi2. The zero-order chi connectivity index (χ0) is 13.4. The third kappa shape index (κ3) is 3.98. The van der Waals surface area contributed by atoms with Gasteiger partial charge < -0.3 is 4.53 Å². The molecule has 4 heteroatoms. The molecule has 0 atom stereocenters. The topological polar surface area (TPSA) is 21.3 Å². The Bertz CT molecular complexity index is 210. The fourth-order valence-electron chi connectivity index (χ4n) is 0.561. The minimum atomic E-state index is -1.67. The lowest BCUT2D eigenvalue weighted by atomic mass is 10.2. The smallest absolute Gasteiger partial charge is 0.218 e. The molecule has 0 aromatic heterocycles. The van der Waals surface area contributed by atoms with E-state index < -0.39 is 16.6 Å². The second kappa shape index (κ2) is 4.55. The first kappa shape index (κ1) is 16.4. The monoisotopic (exact) mass is 261 g/mol. The number of rotatable bonds is 3. The minimum absolute atomic E-state index is 0.266. The summed E-state index contributed by atoms with van der Waals surface area (Å²) in [4.78, 5) is 0. The van der Waals surface area contributed by atoms with Crippen molar-refractivity contribution in [1.29, 1.82) is 0 Å². The molecule has 0 bridgehead atoms. The molecule has 2 nitrogen and oxygen atoms in total. The summed E-state index contributed by atoms with van der Waals surface area (Å²) in [6.07, 6.45) is 0. The fourth-order valence-corrected chi connectivity index (χ4v) is 3.21. The van der Waals surface area contributed by atoms with Crippen LogP contribution in [0.3, 0.4) is 0 Å². The molecule has 0 saturated carbocycles. The zero-order valence-corrected chi connectivity index (χ0v) is 14.9. The zero-order valence-electron chi connectivity index (χ0n) is 12.9. The van der Waals surface area contributed by atoms with Crippen LogP contribution in [0.5, 0.6) is 0 Å². The van der Waals surface area contributed by atoms with E-state index in [1.165, 1.54) is 0 Å². The lowest BCUT2D eigenvalue weighted by molar-refractivity contribution is 0.231. The normalized spacial score (nSPS) is 15.4. The van der Waals surface area contributed by atoms with Crippen molar-refractivity contribution in [2.24, 2.45) is 0 Å². The molecule has 1 N–H and O–H groups in total. The average molecular weight is 262 g/mol. The molecule has 0 aromatic carbocycles. The van der Waals surface area contributed by atoms with Crippen LogP contribution in [0.15, 0.2) is 0 Å². The Morgan fingerprint density at radius 3 is 1.38 bits per heavy atom. The van der Waals surface area contributed by atoms with Crippen molar-refractivity contribution in [3.05, 3.63) is 0 Å². The van der Waals surface area contributed by atoms with Gasteiger partial charge in [-0.25, -0.2) is 5.15 Å². The first-order chi connectivity index (χ1) is 6.71. The van der Waals surface area contributed by atoms with E-state index in [9.17, 15) is 0 Å². The molecule has 0 aliphatic heterocycles. The summed E-state index contributed by atoms with van der Waals surface area (Å²) >= 11 is 0. The van der Waals surface area contributed by atoms with Crippen LogP contribution in [0.1, 0.15) is 41.5 Å². The van der Waals surface area contributed by atoms with E-state index in [-0.39, 0.29) is 5.04 Å². The van der Waals surface area contributed by atoms with Crippen LogP contribution in [0.25, 0.3) is 0 Å². The average Bonchev–Trinajstić information content (AvgIpc) is 1.97. The highest BCUT2D eigenvalue weighted by Crippen LogP contribution is 2.38. The molecule has 0 unspecified atom stereocenters. The van der Waals surface area contributed by atoms with Crippen molar-refractivity contribution in [3.8, 4) is 0 Å². The number of hydrogen-bond acceptors (Lipinski definition) is 2. The van der Waals surface area contributed by atoms with Gasteiger partial charge in [0, 0.05) is 0 Å². The van der Waals surface area contributed by atoms with Gasteiger partial charge in [-0.1, -0.05) is 54.6 Å². The summed E-state index contributed by atoms with van der Waals surface area (Å²) in [5.41, 5.74) is 0. The highest BCUT2D eigenvalue weighted by molar-refractivity contribution is 6.79. The van der Waals surface area contributed by atoms with E-state index in [0.717, 1.165) is 0 Å². The molecule has 0 heterocycles. The standard InChI is InChI=1S/C12H31NOSi2/c1-11(2,3)15(7,8)13-14-16(9,10)12(4,5)6/h13H,1-10H3. The van der Waals surface area contributed by atoms with E-state index in [2.05, 4.69) is 72.9 Å². The van der Waals surface area contributed by atoms with E-state index in [1.807, 2.05) is 0 Å². The molecular weight excluding hydrogens is 230 g/mol.